The number of aryl methyl sites for hydroxylation is 1. The van der Waals surface area contributed by atoms with E-state index in [1.807, 2.05) is 27.7 Å². The van der Waals surface area contributed by atoms with Crippen LogP contribution in [-0.4, -0.2) is 0 Å². The molecule has 1 aromatic rings. The Labute approximate surface area is 138 Å². The predicted molar refractivity (Wildman–Crippen MR) is 106 cm³/mol. The first-order valence-electron chi connectivity index (χ1n) is 8.39. The van der Waals surface area contributed by atoms with Crippen LogP contribution in [0.25, 0.3) is 0 Å². The molecule has 0 aliphatic heterocycles. The smallest absolute Gasteiger partial charge is 0.0281 e. The fourth-order valence-corrected chi connectivity index (χ4v) is 1.43. The molecule has 1 rings (SSSR count). The van der Waals surface area contributed by atoms with Crippen LogP contribution in [0.4, 0.5) is 0 Å². The molecule has 21 heavy (non-hydrogen) atoms. The summed E-state index contributed by atoms with van der Waals surface area (Å²) in [6.45, 7) is 14.7. The second-order valence-electron chi connectivity index (χ2n) is 3.94. The lowest BCUT2D eigenvalue weighted by atomic mass is 10.1. The second-order valence-corrected chi connectivity index (χ2v) is 3.94. The minimum Gasteiger partial charge on any atom is -0.0776 e. The minimum absolute atomic E-state index is 0. The van der Waals surface area contributed by atoms with E-state index < -0.39 is 0 Å². The highest BCUT2D eigenvalue weighted by Crippen LogP contribution is 2.00. The lowest BCUT2D eigenvalue weighted by molar-refractivity contribution is 0.702. The molecule has 0 saturated carbocycles. The molecular weight excluding hydrogens is 252 g/mol. The van der Waals surface area contributed by atoms with Crippen molar-refractivity contribution in [3.05, 3.63) is 35.9 Å². The maximum Gasteiger partial charge on any atom is -0.0281 e. The molecule has 0 bridgehead atoms. The molecule has 0 saturated heterocycles. The first-order valence-corrected chi connectivity index (χ1v) is 8.39. The minimum atomic E-state index is 0. The van der Waals surface area contributed by atoms with Gasteiger partial charge >= 0.3 is 0 Å². The van der Waals surface area contributed by atoms with Gasteiger partial charge in [-0.25, -0.2) is 0 Å². The number of hydrogen-bond donors (Lipinski definition) is 0. The van der Waals surface area contributed by atoms with Gasteiger partial charge in [0, 0.05) is 0 Å². The summed E-state index contributed by atoms with van der Waals surface area (Å²) < 4.78 is 0. The normalized spacial score (nSPS) is 7.19. The highest BCUT2D eigenvalue weighted by molar-refractivity contribution is 5.14. The van der Waals surface area contributed by atoms with Crippen molar-refractivity contribution in [2.24, 2.45) is 0 Å². The van der Waals surface area contributed by atoms with Crippen LogP contribution in [0.2, 0.25) is 0 Å². The van der Waals surface area contributed by atoms with Crippen molar-refractivity contribution in [3.63, 3.8) is 0 Å². The number of rotatable bonds is 5. The molecule has 0 heteroatoms. The average Bonchev–Trinajstić information content (AvgIpc) is 2.51. The van der Waals surface area contributed by atoms with Gasteiger partial charge < -0.3 is 0 Å². The monoisotopic (exact) mass is 298 g/mol. The third-order valence-corrected chi connectivity index (χ3v) is 2.34. The third kappa shape index (κ3) is 32.6. The van der Waals surface area contributed by atoms with Crippen molar-refractivity contribution in [1.29, 1.82) is 0 Å². The molecule has 0 aliphatic rings. The van der Waals surface area contributed by atoms with Crippen LogP contribution < -0.4 is 0 Å². The molecule has 0 aliphatic carbocycles. The summed E-state index contributed by atoms with van der Waals surface area (Å²) >= 11 is 0. The lowest BCUT2D eigenvalue weighted by Crippen LogP contribution is -1.78. The Hall–Kier alpha value is -0.780. The van der Waals surface area contributed by atoms with Crippen LogP contribution in [0.5, 0.6) is 0 Å². The maximum absolute atomic E-state index is 2.23. The van der Waals surface area contributed by atoms with Crippen LogP contribution in [0.3, 0.4) is 0 Å². The quantitative estimate of drug-likeness (QED) is 0.477. The Morgan fingerprint density at radius 1 is 0.619 bits per heavy atom. The summed E-state index contributed by atoms with van der Waals surface area (Å²) in [4.78, 5) is 0. The summed E-state index contributed by atoms with van der Waals surface area (Å²) in [5, 5.41) is 0. The van der Waals surface area contributed by atoms with Crippen molar-refractivity contribution >= 4 is 0 Å². The molecule has 0 N–H and O–H groups in total. The Morgan fingerprint density at radius 3 is 1.29 bits per heavy atom. The number of unbranched alkanes of at least 4 members (excludes halogenated alkanes) is 3. The van der Waals surface area contributed by atoms with Crippen molar-refractivity contribution in [2.75, 3.05) is 0 Å². The molecule has 0 amide bonds. The molecule has 0 radical (unpaired) electrons. The molecule has 0 nitrogen and oxygen atoms in total. The van der Waals surface area contributed by atoms with E-state index in [1.54, 1.807) is 0 Å². The van der Waals surface area contributed by atoms with Gasteiger partial charge in [0.1, 0.15) is 0 Å². The molecule has 0 aromatic heterocycles. The van der Waals surface area contributed by atoms with Gasteiger partial charge in [-0.05, 0) is 12.0 Å². The van der Waals surface area contributed by atoms with Gasteiger partial charge in [0.25, 0.3) is 0 Å². The van der Waals surface area contributed by atoms with E-state index in [0.717, 1.165) is 0 Å². The van der Waals surface area contributed by atoms with E-state index >= 15 is 0 Å². The van der Waals surface area contributed by atoms with Gasteiger partial charge in [-0.2, -0.15) is 0 Å². The van der Waals surface area contributed by atoms with E-state index in [1.165, 1.54) is 44.1 Å². The Balaban J connectivity index is -0.0000000634. The van der Waals surface area contributed by atoms with Gasteiger partial charge in [-0.3, -0.25) is 0 Å². The summed E-state index contributed by atoms with van der Waals surface area (Å²) in [6, 6.07) is 10.6. The van der Waals surface area contributed by atoms with E-state index in [4.69, 9.17) is 0 Å². The van der Waals surface area contributed by atoms with Gasteiger partial charge in [0.15, 0.2) is 0 Å². The first kappa shape index (κ1) is 32.2. The topological polar surface area (TPSA) is 0 Å². The molecule has 1 aromatic carbocycles. The largest absolute Gasteiger partial charge is 0.0776 e. The van der Waals surface area contributed by atoms with Gasteiger partial charge in [-0.15, -0.1) is 0 Å². The van der Waals surface area contributed by atoms with Crippen LogP contribution in [0.1, 0.15) is 101 Å². The van der Waals surface area contributed by atoms with Crippen LogP contribution in [-0.2, 0) is 6.42 Å². The highest BCUT2D eigenvalue weighted by Gasteiger charge is 1.84. The standard InChI is InChI=1S/C9H12.C6H14.2C2H6.2CH4/c1-2-6-9-7-4-3-5-8-9;1-3-5-6-4-2;2*1-2;;/h3-5,7-8H,2,6H2,1H3;3-6H2,1-2H3;2*1-2H3;2*1H4. The van der Waals surface area contributed by atoms with Gasteiger partial charge in [0.2, 0.25) is 0 Å². The fourth-order valence-electron chi connectivity index (χ4n) is 1.43. The molecule has 0 atom stereocenters. The number of benzene rings is 1. The summed E-state index contributed by atoms with van der Waals surface area (Å²) in [6.07, 6.45) is 7.99. The van der Waals surface area contributed by atoms with Crippen molar-refractivity contribution < 1.29 is 0 Å². The molecule has 130 valence electrons. The van der Waals surface area contributed by atoms with Gasteiger partial charge in [-0.1, -0.05) is 126 Å². The summed E-state index contributed by atoms with van der Waals surface area (Å²) in [5.41, 5.74) is 1.44. The fraction of sp³-hybridized carbons (Fsp3) is 0.714. The zero-order valence-corrected chi connectivity index (χ0v) is 14.6. The van der Waals surface area contributed by atoms with Crippen LogP contribution in [0, 0.1) is 0 Å². The SMILES string of the molecule is C.C.CC.CC.CCCCCC.CCCc1ccccc1. The highest BCUT2D eigenvalue weighted by atomic mass is 13.9. The molecule has 0 fully saturated rings. The summed E-state index contributed by atoms with van der Waals surface area (Å²) in [7, 11) is 0. The van der Waals surface area contributed by atoms with Gasteiger partial charge in [0.05, 0.1) is 0 Å². The second kappa shape index (κ2) is 36.5. The zero-order chi connectivity index (χ0) is 15.4. The predicted octanol–water partition coefficient (Wildman–Crippen LogP) is 8.55. The average molecular weight is 299 g/mol. The number of hydrogen-bond acceptors (Lipinski definition) is 0. The Bertz CT molecular complexity index is 197. The molecule has 0 heterocycles. The Kier molecular flexibility index (Phi) is 56.1. The van der Waals surface area contributed by atoms with Crippen molar-refractivity contribution in [2.45, 2.75) is 102 Å². The van der Waals surface area contributed by atoms with E-state index in [9.17, 15) is 0 Å². The first-order chi connectivity index (χ1) is 9.35. The molecule has 0 unspecified atom stereocenters. The molecular formula is C21H46. The van der Waals surface area contributed by atoms with E-state index in [-0.39, 0.29) is 14.9 Å². The van der Waals surface area contributed by atoms with E-state index in [2.05, 4.69) is 51.1 Å². The zero-order valence-electron chi connectivity index (χ0n) is 14.6. The lowest BCUT2D eigenvalue weighted by Gasteiger charge is -1.93. The molecule has 0 spiro atoms. The third-order valence-electron chi connectivity index (χ3n) is 2.34. The Morgan fingerprint density at radius 2 is 1.00 bits per heavy atom. The summed E-state index contributed by atoms with van der Waals surface area (Å²) in [5.74, 6) is 0. The van der Waals surface area contributed by atoms with Crippen LogP contribution >= 0.6 is 0 Å². The van der Waals surface area contributed by atoms with E-state index in [0.29, 0.717) is 0 Å². The van der Waals surface area contributed by atoms with Crippen LogP contribution in [0.15, 0.2) is 30.3 Å². The van der Waals surface area contributed by atoms with Crippen molar-refractivity contribution in [3.8, 4) is 0 Å². The van der Waals surface area contributed by atoms with Crippen molar-refractivity contribution in [1.82, 2.24) is 0 Å². The maximum atomic E-state index is 2.23.